The number of benzene rings is 2. The third-order valence-corrected chi connectivity index (χ3v) is 5.63. The molecule has 2 aliphatic heterocycles. The van der Waals surface area contributed by atoms with E-state index in [2.05, 4.69) is 6.08 Å². The van der Waals surface area contributed by atoms with E-state index in [1.807, 2.05) is 35.2 Å². The molecule has 0 saturated carbocycles. The minimum atomic E-state index is -0.414. The van der Waals surface area contributed by atoms with E-state index in [0.29, 0.717) is 0 Å². The number of hydrogen-bond donors (Lipinski definition) is 0. The van der Waals surface area contributed by atoms with Gasteiger partial charge < -0.3 is 4.74 Å². The van der Waals surface area contributed by atoms with Crippen molar-refractivity contribution in [2.24, 2.45) is 0 Å². The molecule has 140 valence electrons. The number of carbonyl (C=O) groups is 1. The Labute approximate surface area is 163 Å². The van der Waals surface area contributed by atoms with Crippen molar-refractivity contribution in [2.75, 3.05) is 0 Å². The van der Waals surface area contributed by atoms with Crippen LogP contribution in [-0.4, -0.2) is 23.1 Å². The van der Waals surface area contributed by atoms with Gasteiger partial charge in [0.05, 0.1) is 11.1 Å². The topological polar surface area (TPSA) is 29.5 Å². The fourth-order valence-corrected chi connectivity index (χ4v) is 4.20. The lowest BCUT2D eigenvalue weighted by Crippen LogP contribution is -2.51. The smallest absolute Gasteiger partial charge is 0.410 e. The van der Waals surface area contributed by atoms with E-state index in [1.54, 1.807) is 12.1 Å². The molecule has 5 heteroatoms. The second kappa shape index (κ2) is 7.73. The van der Waals surface area contributed by atoms with Crippen molar-refractivity contribution in [3.8, 4) is 0 Å². The quantitative estimate of drug-likeness (QED) is 0.665. The first-order valence-corrected chi connectivity index (χ1v) is 9.65. The van der Waals surface area contributed by atoms with Gasteiger partial charge in [-0.05, 0) is 54.5 Å². The summed E-state index contributed by atoms with van der Waals surface area (Å²) in [6, 6.07) is 14.6. The molecule has 27 heavy (non-hydrogen) atoms. The van der Waals surface area contributed by atoms with Crippen LogP contribution >= 0.6 is 11.6 Å². The Balaban J connectivity index is 1.51. The van der Waals surface area contributed by atoms with E-state index in [0.717, 1.165) is 42.4 Å². The van der Waals surface area contributed by atoms with Gasteiger partial charge in [0.15, 0.2) is 0 Å². The summed E-state index contributed by atoms with van der Waals surface area (Å²) in [6.45, 7) is 0.278. The maximum absolute atomic E-state index is 13.5. The zero-order valence-corrected chi connectivity index (χ0v) is 15.7. The summed E-state index contributed by atoms with van der Waals surface area (Å²) >= 11 is 5.95. The number of carbonyl (C=O) groups excluding carboxylic acids is 1. The van der Waals surface area contributed by atoms with Crippen LogP contribution in [-0.2, 0) is 11.3 Å². The lowest BCUT2D eigenvalue weighted by atomic mass is 9.83. The average molecular weight is 386 g/mol. The Morgan fingerprint density at radius 2 is 2.00 bits per heavy atom. The minimum absolute atomic E-state index is 0.0135. The normalized spacial score (nSPS) is 21.6. The molecule has 1 amide bonds. The number of amides is 1. The van der Waals surface area contributed by atoms with Crippen LogP contribution in [0.2, 0.25) is 5.02 Å². The van der Waals surface area contributed by atoms with Gasteiger partial charge in [0, 0.05) is 6.04 Å². The molecule has 0 aliphatic carbocycles. The third-order valence-electron chi connectivity index (χ3n) is 5.34. The van der Waals surface area contributed by atoms with E-state index in [1.165, 1.54) is 6.07 Å². The Morgan fingerprint density at radius 3 is 2.74 bits per heavy atom. The first kappa shape index (κ1) is 18.1. The summed E-state index contributed by atoms with van der Waals surface area (Å²) in [5.74, 6) is -0.414. The molecule has 2 aromatic carbocycles. The second-order valence-corrected chi connectivity index (χ2v) is 7.53. The summed E-state index contributed by atoms with van der Waals surface area (Å²) < 4.78 is 19.0. The van der Waals surface area contributed by atoms with E-state index in [4.69, 9.17) is 16.3 Å². The molecule has 0 radical (unpaired) electrons. The highest BCUT2D eigenvalue weighted by molar-refractivity contribution is 6.30. The molecule has 0 spiro atoms. The molecule has 2 atom stereocenters. The Bertz CT molecular complexity index is 868. The van der Waals surface area contributed by atoms with Crippen molar-refractivity contribution < 1.29 is 13.9 Å². The van der Waals surface area contributed by atoms with Crippen molar-refractivity contribution in [2.45, 2.75) is 44.4 Å². The van der Waals surface area contributed by atoms with Crippen molar-refractivity contribution in [3.63, 3.8) is 0 Å². The number of halogens is 2. The van der Waals surface area contributed by atoms with Crippen molar-refractivity contribution in [3.05, 3.63) is 76.6 Å². The fourth-order valence-electron chi connectivity index (χ4n) is 4.02. The standard InChI is InChI=1S/C22H21ClFNO2/c23-20-13-16(9-10-21(20)24)17-11-18-7-4-8-19(12-17)25(18)22(26)27-14-15-5-2-1-3-6-15/h1-3,5-6,9-11,13,18-19H,4,7-8,12,14H2. The molecule has 1 saturated heterocycles. The number of ether oxygens (including phenoxy) is 1. The number of nitrogens with zero attached hydrogens (tertiary/aromatic N) is 1. The maximum Gasteiger partial charge on any atom is 0.410 e. The molecule has 0 aromatic heterocycles. The molecule has 2 unspecified atom stereocenters. The predicted molar refractivity (Wildman–Crippen MR) is 104 cm³/mol. The highest BCUT2D eigenvalue weighted by Crippen LogP contribution is 2.38. The molecule has 4 rings (SSSR count). The Hall–Kier alpha value is -2.33. The van der Waals surface area contributed by atoms with Gasteiger partial charge in [0.1, 0.15) is 12.4 Å². The third kappa shape index (κ3) is 3.86. The van der Waals surface area contributed by atoms with Crippen LogP contribution in [0.15, 0.2) is 54.6 Å². The van der Waals surface area contributed by atoms with Crippen LogP contribution in [0.5, 0.6) is 0 Å². The largest absolute Gasteiger partial charge is 0.445 e. The number of rotatable bonds is 3. The highest BCUT2D eigenvalue weighted by Gasteiger charge is 2.38. The zero-order chi connectivity index (χ0) is 18.8. The summed E-state index contributed by atoms with van der Waals surface area (Å²) in [4.78, 5) is 14.6. The van der Waals surface area contributed by atoms with Crippen LogP contribution in [0, 0.1) is 5.82 Å². The van der Waals surface area contributed by atoms with Gasteiger partial charge >= 0.3 is 6.09 Å². The van der Waals surface area contributed by atoms with Crippen LogP contribution in [0.1, 0.15) is 36.8 Å². The zero-order valence-electron chi connectivity index (χ0n) is 14.9. The molecule has 2 aromatic rings. The Kier molecular flexibility index (Phi) is 5.17. The molecule has 0 N–H and O–H groups in total. The van der Waals surface area contributed by atoms with Gasteiger partial charge in [-0.25, -0.2) is 9.18 Å². The monoisotopic (exact) mass is 385 g/mol. The van der Waals surface area contributed by atoms with Gasteiger partial charge in [-0.2, -0.15) is 0 Å². The lowest BCUT2D eigenvalue weighted by Gasteiger charge is -2.44. The summed E-state index contributed by atoms with van der Waals surface area (Å²) in [5.41, 5.74) is 3.03. The van der Waals surface area contributed by atoms with Gasteiger partial charge in [0.25, 0.3) is 0 Å². The molecule has 1 fully saturated rings. The molecular weight excluding hydrogens is 365 g/mol. The molecule has 3 nitrogen and oxygen atoms in total. The Morgan fingerprint density at radius 1 is 1.19 bits per heavy atom. The van der Waals surface area contributed by atoms with Crippen molar-refractivity contribution in [1.29, 1.82) is 0 Å². The van der Waals surface area contributed by atoms with Gasteiger partial charge in [0.2, 0.25) is 0 Å². The van der Waals surface area contributed by atoms with Crippen molar-refractivity contribution in [1.82, 2.24) is 4.90 Å². The molecular formula is C22H21ClFNO2. The van der Waals surface area contributed by atoms with Crippen LogP contribution in [0.4, 0.5) is 9.18 Å². The first-order valence-electron chi connectivity index (χ1n) is 9.27. The molecule has 2 bridgehead atoms. The maximum atomic E-state index is 13.5. The molecule has 2 aliphatic rings. The second-order valence-electron chi connectivity index (χ2n) is 7.12. The van der Waals surface area contributed by atoms with Crippen molar-refractivity contribution >= 4 is 23.3 Å². The number of fused-ring (bicyclic) bond motifs is 2. The first-order chi connectivity index (χ1) is 13.1. The van der Waals surface area contributed by atoms with Crippen LogP contribution in [0.25, 0.3) is 5.57 Å². The van der Waals surface area contributed by atoms with Gasteiger partial charge in [-0.1, -0.05) is 54.1 Å². The highest BCUT2D eigenvalue weighted by atomic mass is 35.5. The summed E-state index contributed by atoms with van der Waals surface area (Å²) in [6.07, 6.45) is 5.53. The SMILES string of the molecule is O=C(OCc1ccccc1)N1C2C=C(c3ccc(F)c(Cl)c3)CC1CCC2. The van der Waals surface area contributed by atoms with E-state index < -0.39 is 5.82 Å². The minimum Gasteiger partial charge on any atom is -0.445 e. The fraction of sp³-hybridized carbons (Fsp3) is 0.318. The molecule has 2 heterocycles. The average Bonchev–Trinajstić information content (AvgIpc) is 2.68. The van der Waals surface area contributed by atoms with E-state index in [-0.39, 0.29) is 29.8 Å². The van der Waals surface area contributed by atoms with Crippen LogP contribution < -0.4 is 0 Å². The summed E-state index contributed by atoms with van der Waals surface area (Å²) in [5, 5.41) is 0.128. The van der Waals surface area contributed by atoms with E-state index >= 15 is 0 Å². The predicted octanol–water partition coefficient (Wildman–Crippen LogP) is 5.83. The number of hydrogen-bond acceptors (Lipinski definition) is 2. The number of piperidine rings is 1. The van der Waals surface area contributed by atoms with Crippen LogP contribution in [0.3, 0.4) is 0 Å². The van der Waals surface area contributed by atoms with Gasteiger partial charge in [-0.15, -0.1) is 0 Å². The lowest BCUT2D eigenvalue weighted by molar-refractivity contribution is 0.0510. The summed E-state index contributed by atoms with van der Waals surface area (Å²) in [7, 11) is 0. The van der Waals surface area contributed by atoms with E-state index in [9.17, 15) is 9.18 Å². The van der Waals surface area contributed by atoms with Gasteiger partial charge in [-0.3, -0.25) is 4.90 Å².